The lowest BCUT2D eigenvalue weighted by atomic mass is 10.1. The zero-order chi connectivity index (χ0) is 18.0. The summed E-state index contributed by atoms with van der Waals surface area (Å²) in [6, 6.07) is 5.88. The fraction of sp³-hybridized carbons (Fsp3) is 0.474. The first-order valence-corrected chi connectivity index (χ1v) is 8.77. The van der Waals surface area contributed by atoms with Gasteiger partial charge in [-0.05, 0) is 31.4 Å². The first kappa shape index (κ1) is 17.5. The van der Waals surface area contributed by atoms with E-state index >= 15 is 0 Å². The molecule has 0 aliphatic heterocycles. The second-order valence-electron chi connectivity index (χ2n) is 6.60. The Kier molecular flexibility index (Phi) is 5.08. The highest BCUT2D eigenvalue weighted by Gasteiger charge is 2.18. The van der Waals surface area contributed by atoms with Crippen molar-refractivity contribution in [2.75, 3.05) is 18.9 Å². The highest BCUT2D eigenvalue weighted by atomic mass is 16.5. The molecule has 2 N–H and O–H groups in total. The summed E-state index contributed by atoms with van der Waals surface area (Å²) in [6.45, 7) is 8.10. The third-order valence-electron chi connectivity index (χ3n) is 4.30. The van der Waals surface area contributed by atoms with E-state index in [9.17, 15) is 0 Å². The maximum absolute atomic E-state index is 6.15. The van der Waals surface area contributed by atoms with E-state index in [1.807, 2.05) is 36.7 Å². The van der Waals surface area contributed by atoms with Crippen LogP contribution in [0.5, 0.6) is 5.75 Å². The molecule has 2 heterocycles. The van der Waals surface area contributed by atoms with Gasteiger partial charge in [-0.2, -0.15) is 0 Å². The van der Waals surface area contributed by atoms with Crippen molar-refractivity contribution in [1.29, 1.82) is 0 Å². The maximum atomic E-state index is 6.15. The first-order valence-electron chi connectivity index (χ1n) is 8.77. The van der Waals surface area contributed by atoms with Crippen LogP contribution in [0.2, 0.25) is 0 Å². The standard InChI is InChI=1S/C19H26N4O2/c1-5-24-11-15-22-17-18(23(15)4)16-13(21-19(17)20)7-6-8-14(16)25-10-9-12(2)3/h6-8,12H,5,9-11H2,1-4H3,(H2,20,21). The number of hydrogen-bond donors (Lipinski definition) is 1. The lowest BCUT2D eigenvalue weighted by molar-refractivity contribution is 0.126. The number of nitrogens with two attached hydrogens (primary N) is 1. The maximum Gasteiger partial charge on any atom is 0.152 e. The number of hydrogen-bond acceptors (Lipinski definition) is 5. The summed E-state index contributed by atoms with van der Waals surface area (Å²) >= 11 is 0. The molecule has 0 fully saturated rings. The van der Waals surface area contributed by atoms with Crippen molar-refractivity contribution in [3.05, 3.63) is 24.0 Å². The molecule has 0 unspecified atom stereocenters. The van der Waals surface area contributed by atoms with Crippen LogP contribution in [0.25, 0.3) is 21.9 Å². The van der Waals surface area contributed by atoms with Crippen LogP contribution in [0.3, 0.4) is 0 Å². The van der Waals surface area contributed by atoms with Gasteiger partial charge in [-0.3, -0.25) is 0 Å². The Morgan fingerprint density at radius 1 is 1.24 bits per heavy atom. The second-order valence-corrected chi connectivity index (χ2v) is 6.60. The minimum Gasteiger partial charge on any atom is -0.493 e. The summed E-state index contributed by atoms with van der Waals surface area (Å²) in [4.78, 5) is 9.17. The van der Waals surface area contributed by atoms with Gasteiger partial charge < -0.3 is 19.8 Å². The summed E-state index contributed by atoms with van der Waals surface area (Å²) in [5.41, 5.74) is 8.61. The topological polar surface area (TPSA) is 75.2 Å². The smallest absolute Gasteiger partial charge is 0.152 e. The number of fused-ring (bicyclic) bond motifs is 3. The molecule has 0 bridgehead atoms. The predicted molar refractivity (Wildman–Crippen MR) is 101 cm³/mol. The molecule has 6 heteroatoms. The van der Waals surface area contributed by atoms with Gasteiger partial charge in [0.15, 0.2) is 5.82 Å². The second kappa shape index (κ2) is 7.27. The van der Waals surface area contributed by atoms with E-state index < -0.39 is 0 Å². The molecule has 2 aromatic heterocycles. The average Bonchev–Trinajstić information content (AvgIpc) is 2.90. The Bertz CT molecular complexity index is 886. The van der Waals surface area contributed by atoms with E-state index in [4.69, 9.17) is 15.2 Å². The Hall–Kier alpha value is -2.34. The van der Waals surface area contributed by atoms with Crippen LogP contribution in [0, 0.1) is 5.92 Å². The van der Waals surface area contributed by atoms with Crippen LogP contribution < -0.4 is 10.5 Å². The van der Waals surface area contributed by atoms with Gasteiger partial charge in [0.25, 0.3) is 0 Å². The van der Waals surface area contributed by atoms with Crippen molar-refractivity contribution < 1.29 is 9.47 Å². The Morgan fingerprint density at radius 2 is 2.04 bits per heavy atom. The normalized spacial score (nSPS) is 11.7. The molecule has 0 aliphatic rings. The molecule has 3 rings (SSSR count). The third-order valence-corrected chi connectivity index (χ3v) is 4.30. The number of aromatic nitrogens is 3. The van der Waals surface area contributed by atoms with Crippen LogP contribution in [-0.4, -0.2) is 27.7 Å². The van der Waals surface area contributed by atoms with E-state index in [1.165, 1.54) is 0 Å². The number of imidazole rings is 1. The van der Waals surface area contributed by atoms with Crippen molar-refractivity contribution >= 4 is 27.8 Å². The number of benzene rings is 1. The van der Waals surface area contributed by atoms with E-state index in [0.717, 1.165) is 34.4 Å². The van der Waals surface area contributed by atoms with Gasteiger partial charge >= 0.3 is 0 Å². The van der Waals surface area contributed by atoms with Gasteiger partial charge in [-0.1, -0.05) is 19.9 Å². The van der Waals surface area contributed by atoms with Crippen molar-refractivity contribution in [3.63, 3.8) is 0 Å². The number of nitrogen functional groups attached to an aromatic ring is 1. The summed E-state index contributed by atoms with van der Waals surface area (Å²) in [5, 5.41) is 0.952. The van der Waals surface area contributed by atoms with Crippen LogP contribution in [-0.2, 0) is 18.4 Å². The Morgan fingerprint density at radius 3 is 2.76 bits per heavy atom. The Balaban J connectivity index is 2.15. The molecule has 3 aromatic rings. The summed E-state index contributed by atoms with van der Waals surface area (Å²) in [6.07, 6.45) is 1.00. The molecule has 134 valence electrons. The molecule has 0 atom stereocenters. The van der Waals surface area contributed by atoms with Gasteiger partial charge in [0.05, 0.1) is 23.0 Å². The van der Waals surface area contributed by atoms with Crippen molar-refractivity contribution in [3.8, 4) is 5.75 Å². The molecule has 0 saturated carbocycles. The SMILES string of the molecule is CCOCc1nc2c(N)nc3cccc(OCCC(C)C)c3c2n1C. The number of anilines is 1. The fourth-order valence-electron chi connectivity index (χ4n) is 2.89. The Labute approximate surface area is 148 Å². The van der Waals surface area contributed by atoms with E-state index in [1.54, 1.807) is 0 Å². The minimum absolute atomic E-state index is 0.431. The molecule has 6 nitrogen and oxygen atoms in total. The van der Waals surface area contributed by atoms with Crippen LogP contribution in [0.4, 0.5) is 5.82 Å². The average molecular weight is 342 g/mol. The summed E-state index contributed by atoms with van der Waals surface area (Å²) < 4.78 is 13.6. The predicted octanol–water partition coefficient (Wildman–Crippen LogP) is 3.67. The molecular formula is C19H26N4O2. The van der Waals surface area contributed by atoms with Crippen molar-refractivity contribution in [1.82, 2.24) is 14.5 Å². The van der Waals surface area contributed by atoms with Crippen molar-refractivity contribution in [2.45, 2.75) is 33.8 Å². The number of nitrogens with zero attached hydrogens (tertiary/aromatic N) is 3. The number of pyridine rings is 1. The lowest BCUT2D eigenvalue weighted by Gasteiger charge is -2.12. The van der Waals surface area contributed by atoms with E-state index in [-0.39, 0.29) is 0 Å². The first-order chi connectivity index (χ1) is 12.0. The number of ether oxygens (including phenoxy) is 2. The minimum atomic E-state index is 0.431. The molecule has 0 saturated heterocycles. The molecule has 25 heavy (non-hydrogen) atoms. The quantitative estimate of drug-likeness (QED) is 0.709. The summed E-state index contributed by atoms with van der Waals surface area (Å²) in [5.74, 6) is 2.68. The van der Waals surface area contributed by atoms with Crippen LogP contribution >= 0.6 is 0 Å². The summed E-state index contributed by atoms with van der Waals surface area (Å²) in [7, 11) is 1.98. The molecule has 0 amide bonds. The zero-order valence-corrected chi connectivity index (χ0v) is 15.4. The lowest BCUT2D eigenvalue weighted by Crippen LogP contribution is -2.04. The van der Waals surface area contributed by atoms with Gasteiger partial charge in [-0.15, -0.1) is 0 Å². The monoisotopic (exact) mass is 342 g/mol. The van der Waals surface area contributed by atoms with Crippen LogP contribution in [0.1, 0.15) is 33.0 Å². The highest BCUT2D eigenvalue weighted by Crippen LogP contribution is 2.34. The molecule has 0 spiro atoms. The van der Waals surface area contributed by atoms with Crippen LogP contribution in [0.15, 0.2) is 18.2 Å². The van der Waals surface area contributed by atoms with Gasteiger partial charge in [0.2, 0.25) is 0 Å². The molecule has 0 radical (unpaired) electrons. The van der Waals surface area contributed by atoms with Gasteiger partial charge in [0.1, 0.15) is 23.7 Å². The van der Waals surface area contributed by atoms with Gasteiger partial charge in [0, 0.05) is 13.7 Å². The number of rotatable bonds is 7. The zero-order valence-electron chi connectivity index (χ0n) is 15.4. The third kappa shape index (κ3) is 3.39. The molecule has 0 aliphatic carbocycles. The fourth-order valence-corrected chi connectivity index (χ4v) is 2.89. The largest absolute Gasteiger partial charge is 0.493 e. The van der Waals surface area contributed by atoms with E-state index in [2.05, 4.69) is 23.8 Å². The van der Waals surface area contributed by atoms with E-state index in [0.29, 0.717) is 37.1 Å². The van der Waals surface area contributed by atoms with Crippen molar-refractivity contribution in [2.24, 2.45) is 13.0 Å². The van der Waals surface area contributed by atoms with Gasteiger partial charge in [-0.25, -0.2) is 9.97 Å². The molecule has 1 aromatic carbocycles. The highest BCUT2D eigenvalue weighted by molar-refractivity contribution is 6.09. The number of aryl methyl sites for hydroxylation is 1. The molecular weight excluding hydrogens is 316 g/mol.